The number of carboxylic acids is 1. The van der Waals surface area contributed by atoms with E-state index in [0.29, 0.717) is 6.42 Å². The first-order valence-electron chi connectivity index (χ1n) is 4.75. The van der Waals surface area contributed by atoms with Crippen molar-refractivity contribution in [1.82, 2.24) is 0 Å². The first-order valence-corrected chi connectivity index (χ1v) is 4.75. The lowest BCUT2D eigenvalue weighted by Gasteiger charge is -1.99. The largest absolute Gasteiger partial charge is 0.497 e. The van der Waals surface area contributed by atoms with Crippen LogP contribution in [0, 0.1) is 0 Å². The molecule has 0 aliphatic carbocycles. The van der Waals surface area contributed by atoms with E-state index in [-0.39, 0.29) is 6.42 Å². The van der Waals surface area contributed by atoms with Gasteiger partial charge < -0.3 is 9.84 Å². The number of hydrogen-bond acceptors (Lipinski definition) is 2. The van der Waals surface area contributed by atoms with Crippen LogP contribution in [0.3, 0.4) is 0 Å². The Bertz CT molecular complexity index is 356. The minimum atomic E-state index is -0.773. The smallest absolute Gasteiger partial charge is 0.303 e. The third-order valence-corrected chi connectivity index (χ3v) is 1.93. The second kappa shape index (κ2) is 5.86. The van der Waals surface area contributed by atoms with Crippen molar-refractivity contribution in [3.63, 3.8) is 0 Å². The fraction of sp³-hybridized carbons (Fsp3) is 0.250. The lowest BCUT2D eigenvalue weighted by Crippen LogP contribution is -1.91. The maximum atomic E-state index is 10.3. The molecule has 1 rings (SSSR count). The molecule has 1 N–H and O–H groups in total. The second-order valence-corrected chi connectivity index (χ2v) is 3.11. The van der Waals surface area contributed by atoms with E-state index in [1.165, 1.54) is 0 Å². The van der Waals surface area contributed by atoms with Crippen LogP contribution in [0.1, 0.15) is 18.4 Å². The molecule has 0 unspecified atom stereocenters. The summed E-state index contributed by atoms with van der Waals surface area (Å²) in [7, 11) is 1.62. The minimum Gasteiger partial charge on any atom is -0.497 e. The average molecular weight is 206 g/mol. The average Bonchev–Trinajstić information content (AvgIpc) is 2.24. The summed E-state index contributed by atoms with van der Waals surface area (Å²) in [6.45, 7) is 0. The number of benzene rings is 1. The van der Waals surface area contributed by atoms with Crippen LogP contribution in [0.5, 0.6) is 5.75 Å². The van der Waals surface area contributed by atoms with Crippen LogP contribution in [0.4, 0.5) is 0 Å². The SMILES string of the molecule is COc1cccc(/C=C\CCC(=O)O)c1. The Labute approximate surface area is 89.0 Å². The van der Waals surface area contributed by atoms with Gasteiger partial charge in [0.05, 0.1) is 7.11 Å². The summed E-state index contributed by atoms with van der Waals surface area (Å²) in [5.41, 5.74) is 1.01. The van der Waals surface area contributed by atoms with E-state index < -0.39 is 5.97 Å². The summed E-state index contributed by atoms with van der Waals surface area (Å²) in [6, 6.07) is 7.61. The van der Waals surface area contributed by atoms with Crippen molar-refractivity contribution in [2.75, 3.05) is 7.11 Å². The number of allylic oxidation sites excluding steroid dienone is 1. The van der Waals surface area contributed by atoms with Gasteiger partial charge in [-0.1, -0.05) is 24.3 Å². The molecular weight excluding hydrogens is 192 g/mol. The van der Waals surface area contributed by atoms with Crippen LogP contribution < -0.4 is 4.74 Å². The van der Waals surface area contributed by atoms with Crippen LogP contribution in [0.15, 0.2) is 30.3 Å². The van der Waals surface area contributed by atoms with E-state index in [4.69, 9.17) is 9.84 Å². The van der Waals surface area contributed by atoms with Gasteiger partial charge in [-0.05, 0) is 24.1 Å². The zero-order valence-corrected chi connectivity index (χ0v) is 8.64. The molecule has 15 heavy (non-hydrogen) atoms. The summed E-state index contributed by atoms with van der Waals surface area (Å²) in [4.78, 5) is 10.3. The molecule has 1 aromatic rings. The summed E-state index contributed by atoms with van der Waals surface area (Å²) in [5.74, 6) is 0.0284. The van der Waals surface area contributed by atoms with Gasteiger partial charge in [0.2, 0.25) is 0 Å². The molecule has 0 spiro atoms. The fourth-order valence-electron chi connectivity index (χ4n) is 1.17. The van der Waals surface area contributed by atoms with Crippen molar-refractivity contribution >= 4 is 12.0 Å². The lowest BCUT2D eigenvalue weighted by molar-refractivity contribution is -0.136. The van der Waals surface area contributed by atoms with Gasteiger partial charge >= 0.3 is 5.97 Å². The molecule has 1 aromatic carbocycles. The highest BCUT2D eigenvalue weighted by Crippen LogP contribution is 2.13. The highest BCUT2D eigenvalue weighted by atomic mass is 16.5. The Balaban J connectivity index is 2.52. The standard InChI is InChI=1S/C12H14O3/c1-15-11-7-4-6-10(9-11)5-2-3-8-12(13)14/h2,4-7,9H,3,8H2,1H3,(H,13,14)/b5-2-. The number of rotatable bonds is 5. The molecule has 0 fully saturated rings. The molecule has 0 atom stereocenters. The van der Waals surface area contributed by atoms with Gasteiger partial charge in [0.15, 0.2) is 0 Å². The first kappa shape index (κ1) is 11.3. The van der Waals surface area contributed by atoms with Gasteiger partial charge in [0.1, 0.15) is 5.75 Å². The van der Waals surface area contributed by atoms with Crippen LogP contribution in [0.2, 0.25) is 0 Å². The molecule has 0 saturated carbocycles. The summed E-state index contributed by atoms with van der Waals surface area (Å²) in [6.07, 6.45) is 4.46. The van der Waals surface area contributed by atoms with Crippen LogP contribution in [0.25, 0.3) is 6.08 Å². The van der Waals surface area contributed by atoms with Crippen molar-refractivity contribution < 1.29 is 14.6 Å². The van der Waals surface area contributed by atoms with Crippen LogP contribution in [-0.2, 0) is 4.79 Å². The third kappa shape index (κ3) is 4.31. The van der Waals surface area contributed by atoms with Crippen LogP contribution >= 0.6 is 0 Å². The molecule has 0 aliphatic heterocycles. The number of hydrogen-bond donors (Lipinski definition) is 1. The molecular formula is C12H14O3. The molecule has 0 bridgehead atoms. The lowest BCUT2D eigenvalue weighted by atomic mass is 10.2. The van der Waals surface area contributed by atoms with Gasteiger partial charge in [0, 0.05) is 6.42 Å². The highest BCUT2D eigenvalue weighted by Gasteiger charge is 1.93. The summed E-state index contributed by atoms with van der Waals surface area (Å²) in [5, 5.41) is 8.44. The maximum Gasteiger partial charge on any atom is 0.303 e. The Hall–Kier alpha value is -1.77. The van der Waals surface area contributed by atoms with Crippen molar-refractivity contribution in [2.45, 2.75) is 12.8 Å². The van der Waals surface area contributed by atoms with E-state index in [1.807, 2.05) is 36.4 Å². The molecule has 0 radical (unpaired) electrons. The van der Waals surface area contributed by atoms with E-state index in [9.17, 15) is 4.79 Å². The Morgan fingerprint density at radius 3 is 3.00 bits per heavy atom. The molecule has 80 valence electrons. The first-order chi connectivity index (χ1) is 7.22. The van der Waals surface area contributed by atoms with Crippen molar-refractivity contribution in [3.05, 3.63) is 35.9 Å². The third-order valence-electron chi connectivity index (χ3n) is 1.93. The zero-order valence-electron chi connectivity index (χ0n) is 8.64. The number of aliphatic carboxylic acids is 1. The number of methoxy groups -OCH3 is 1. The molecule has 3 heteroatoms. The molecule has 3 nitrogen and oxygen atoms in total. The van der Waals surface area contributed by atoms with E-state index in [2.05, 4.69) is 0 Å². The van der Waals surface area contributed by atoms with E-state index in [1.54, 1.807) is 7.11 Å². The van der Waals surface area contributed by atoms with Gasteiger partial charge in [0.25, 0.3) is 0 Å². The minimum absolute atomic E-state index is 0.167. The van der Waals surface area contributed by atoms with Gasteiger partial charge in [-0.2, -0.15) is 0 Å². The molecule has 0 aromatic heterocycles. The molecule has 0 amide bonds. The molecule has 0 saturated heterocycles. The van der Waals surface area contributed by atoms with Crippen molar-refractivity contribution in [1.29, 1.82) is 0 Å². The van der Waals surface area contributed by atoms with Gasteiger partial charge in [-0.3, -0.25) is 4.79 Å². The number of carbonyl (C=O) groups is 1. The summed E-state index contributed by atoms with van der Waals surface area (Å²) >= 11 is 0. The van der Waals surface area contributed by atoms with E-state index >= 15 is 0 Å². The predicted molar refractivity (Wildman–Crippen MR) is 58.9 cm³/mol. The van der Waals surface area contributed by atoms with Crippen LogP contribution in [-0.4, -0.2) is 18.2 Å². The maximum absolute atomic E-state index is 10.3. The predicted octanol–water partition coefficient (Wildman–Crippen LogP) is 2.57. The topological polar surface area (TPSA) is 46.5 Å². The number of ether oxygens (including phenoxy) is 1. The number of carboxylic acid groups (broad SMARTS) is 1. The monoisotopic (exact) mass is 206 g/mol. The van der Waals surface area contributed by atoms with Crippen molar-refractivity contribution in [3.8, 4) is 5.75 Å². The highest BCUT2D eigenvalue weighted by molar-refractivity contribution is 5.67. The fourth-order valence-corrected chi connectivity index (χ4v) is 1.17. The Morgan fingerprint density at radius 2 is 2.33 bits per heavy atom. The Morgan fingerprint density at radius 1 is 1.53 bits per heavy atom. The Kier molecular flexibility index (Phi) is 4.41. The van der Waals surface area contributed by atoms with E-state index in [0.717, 1.165) is 11.3 Å². The quantitative estimate of drug-likeness (QED) is 0.805. The van der Waals surface area contributed by atoms with Gasteiger partial charge in [-0.25, -0.2) is 0 Å². The van der Waals surface area contributed by atoms with Gasteiger partial charge in [-0.15, -0.1) is 0 Å². The summed E-state index contributed by atoms with van der Waals surface area (Å²) < 4.78 is 5.07. The van der Waals surface area contributed by atoms with Crippen molar-refractivity contribution in [2.24, 2.45) is 0 Å². The normalized spacial score (nSPS) is 10.5. The molecule has 0 aliphatic rings. The molecule has 0 heterocycles. The second-order valence-electron chi connectivity index (χ2n) is 3.11. The zero-order chi connectivity index (χ0) is 11.1.